The van der Waals surface area contributed by atoms with Gasteiger partial charge in [-0.25, -0.2) is 9.59 Å². The molecule has 8 nitrogen and oxygen atoms in total. The van der Waals surface area contributed by atoms with E-state index in [4.69, 9.17) is 0 Å². The normalized spacial score (nSPS) is 12.6. The third-order valence-electron chi connectivity index (χ3n) is 4.26. The molecule has 4 amide bonds. The fourth-order valence-electron chi connectivity index (χ4n) is 2.53. The smallest absolute Gasteiger partial charge is 0.413 e. The van der Waals surface area contributed by atoms with E-state index >= 15 is 0 Å². The van der Waals surface area contributed by atoms with Gasteiger partial charge in [-0.3, -0.25) is 9.69 Å². The largest absolute Gasteiger partial charge is 0.452 e. The number of nitrogens with one attached hydrogen (secondary N) is 3. The van der Waals surface area contributed by atoms with Crippen LogP contribution in [0.5, 0.6) is 0 Å². The summed E-state index contributed by atoms with van der Waals surface area (Å²) in [5, 5.41) is 8.35. The molecule has 0 radical (unpaired) electrons. The number of carbonyl (C=O) groups excluding carboxylic acids is 3. The lowest BCUT2D eigenvalue weighted by atomic mass is 10.1. The van der Waals surface area contributed by atoms with Crippen LogP contribution in [0.1, 0.15) is 23.2 Å². The van der Waals surface area contributed by atoms with Gasteiger partial charge in [-0.05, 0) is 55.3 Å². The number of amides is 4. The summed E-state index contributed by atoms with van der Waals surface area (Å²) in [5.74, 6) is -0.305. The molecule has 0 bridgehead atoms. The lowest BCUT2D eigenvalue weighted by Gasteiger charge is -2.16. The topological polar surface area (TPSA) is 99.8 Å². The molecule has 3 N–H and O–H groups in total. The highest BCUT2D eigenvalue weighted by molar-refractivity contribution is 6.05. The molecule has 28 heavy (non-hydrogen) atoms. The van der Waals surface area contributed by atoms with Crippen LogP contribution in [0.2, 0.25) is 0 Å². The van der Waals surface area contributed by atoms with Crippen LogP contribution in [0.25, 0.3) is 0 Å². The van der Waals surface area contributed by atoms with E-state index in [1.54, 1.807) is 55.6 Å². The van der Waals surface area contributed by atoms with Crippen molar-refractivity contribution in [2.24, 2.45) is 0 Å². The van der Waals surface area contributed by atoms with E-state index in [9.17, 15) is 14.4 Å². The summed E-state index contributed by atoms with van der Waals surface area (Å²) in [4.78, 5) is 37.2. The molecule has 2 aromatic rings. The molecule has 0 saturated heterocycles. The lowest BCUT2D eigenvalue weighted by molar-refractivity contribution is 0.102. The number of carbonyl (C=O) groups is 3. The Kier molecular flexibility index (Phi) is 5.78. The Hall–Kier alpha value is -3.55. The molecular weight excluding hydrogens is 360 g/mol. The van der Waals surface area contributed by atoms with Crippen LogP contribution >= 0.6 is 0 Å². The molecule has 8 heteroatoms. The van der Waals surface area contributed by atoms with Gasteiger partial charge in [0, 0.05) is 35.7 Å². The van der Waals surface area contributed by atoms with Gasteiger partial charge in [-0.1, -0.05) is 6.07 Å². The molecule has 146 valence electrons. The Balaban J connectivity index is 1.61. The van der Waals surface area contributed by atoms with Gasteiger partial charge in [-0.2, -0.15) is 0 Å². The molecule has 1 fully saturated rings. The Morgan fingerprint density at radius 1 is 1.00 bits per heavy atom. The summed E-state index contributed by atoms with van der Waals surface area (Å²) in [6.07, 6.45) is 1.53. The Labute approximate surface area is 162 Å². The van der Waals surface area contributed by atoms with Gasteiger partial charge in [0.1, 0.15) is 0 Å². The number of urea groups is 1. The van der Waals surface area contributed by atoms with E-state index in [0.29, 0.717) is 22.6 Å². The predicted octanol–water partition coefficient (Wildman–Crippen LogP) is 3.43. The van der Waals surface area contributed by atoms with Crippen molar-refractivity contribution < 1.29 is 19.1 Å². The van der Waals surface area contributed by atoms with Crippen LogP contribution in [-0.2, 0) is 4.74 Å². The van der Waals surface area contributed by atoms with Gasteiger partial charge >= 0.3 is 12.1 Å². The fourth-order valence-corrected chi connectivity index (χ4v) is 2.53. The van der Waals surface area contributed by atoms with Crippen LogP contribution in [-0.4, -0.2) is 38.2 Å². The van der Waals surface area contributed by atoms with Crippen LogP contribution in [0.4, 0.5) is 26.7 Å². The number of nitrogens with zero attached hydrogens (tertiary/aromatic N) is 1. The third-order valence-corrected chi connectivity index (χ3v) is 4.26. The van der Waals surface area contributed by atoms with Crippen molar-refractivity contribution in [2.45, 2.75) is 18.9 Å². The van der Waals surface area contributed by atoms with Gasteiger partial charge in [0.25, 0.3) is 5.91 Å². The molecule has 3 rings (SSSR count). The van der Waals surface area contributed by atoms with Crippen molar-refractivity contribution in [3.8, 4) is 0 Å². The molecule has 0 atom stereocenters. The summed E-state index contributed by atoms with van der Waals surface area (Å²) in [6.45, 7) is 0. The highest BCUT2D eigenvalue weighted by atomic mass is 16.5. The van der Waals surface area contributed by atoms with E-state index in [0.717, 1.165) is 12.8 Å². The van der Waals surface area contributed by atoms with Crippen LogP contribution in [0, 0.1) is 0 Å². The van der Waals surface area contributed by atoms with Gasteiger partial charge in [0.15, 0.2) is 0 Å². The minimum Gasteiger partial charge on any atom is -0.452 e. The average Bonchev–Trinajstić information content (AvgIpc) is 3.51. The molecular formula is C20H22N4O4. The summed E-state index contributed by atoms with van der Waals surface area (Å²) in [5.41, 5.74) is 2.18. The van der Waals surface area contributed by atoms with Gasteiger partial charge < -0.3 is 20.7 Å². The summed E-state index contributed by atoms with van der Waals surface area (Å²) < 4.78 is 4.67. The maximum absolute atomic E-state index is 12.5. The average molecular weight is 382 g/mol. The maximum Gasteiger partial charge on any atom is 0.413 e. The number of anilines is 3. The number of hydrogen-bond acceptors (Lipinski definition) is 4. The minimum absolute atomic E-state index is 0.257. The van der Waals surface area contributed by atoms with Crippen molar-refractivity contribution in [1.82, 2.24) is 5.32 Å². The second-order valence-electron chi connectivity index (χ2n) is 6.48. The first kappa shape index (κ1) is 19.2. The molecule has 1 aliphatic carbocycles. The number of ether oxygens (including phenoxy) is 1. The standard InChI is InChI=1S/C20H22N4O4/c1-24(20(27)28-2)17-10-8-14(9-11-17)21-18(25)13-4-3-5-16(12-13)23-19(26)22-15-6-7-15/h3-5,8-12,15H,6-7H2,1-2H3,(H,21,25)(H2,22,23,26). The fraction of sp³-hybridized carbons (Fsp3) is 0.250. The van der Waals surface area contributed by atoms with Crippen molar-refractivity contribution in [1.29, 1.82) is 0 Å². The first-order chi connectivity index (χ1) is 13.5. The quantitative estimate of drug-likeness (QED) is 0.738. The van der Waals surface area contributed by atoms with Crippen LogP contribution in [0.15, 0.2) is 48.5 Å². The third kappa shape index (κ3) is 5.00. The molecule has 1 saturated carbocycles. The number of rotatable bonds is 5. The maximum atomic E-state index is 12.5. The van der Waals surface area contributed by atoms with Crippen molar-refractivity contribution in [2.75, 3.05) is 29.7 Å². The first-order valence-corrected chi connectivity index (χ1v) is 8.87. The van der Waals surface area contributed by atoms with Crippen molar-refractivity contribution in [3.05, 3.63) is 54.1 Å². The first-order valence-electron chi connectivity index (χ1n) is 8.87. The molecule has 0 spiro atoms. The predicted molar refractivity (Wildman–Crippen MR) is 107 cm³/mol. The number of hydrogen-bond donors (Lipinski definition) is 3. The molecule has 2 aromatic carbocycles. The summed E-state index contributed by atoms with van der Waals surface area (Å²) >= 11 is 0. The molecule has 0 unspecified atom stereocenters. The van der Waals surface area contributed by atoms with Gasteiger partial charge in [0.05, 0.1) is 7.11 Å². The summed E-state index contributed by atoms with van der Waals surface area (Å²) in [7, 11) is 2.91. The van der Waals surface area contributed by atoms with E-state index in [1.807, 2.05) is 0 Å². The molecule has 0 heterocycles. The molecule has 0 aliphatic heterocycles. The monoisotopic (exact) mass is 382 g/mol. The van der Waals surface area contributed by atoms with E-state index in [-0.39, 0.29) is 18.0 Å². The zero-order chi connectivity index (χ0) is 20.1. The SMILES string of the molecule is COC(=O)N(C)c1ccc(NC(=O)c2cccc(NC(=O)NC3CC3)c2)cc1. The second kappa shape index (κ2) is 8.43. The minimum atomic E-state index is -0.480. The van der Waals surface area contributed by atoms with E-state index < -0.39 is 6.09 Å². The zero-order valence-corrected chi connectivity index (χ0v) is 15.7. The summed E-state index contributed by atoms with van der Waals surface area (Å²) in [6, 6.07) is 13.5. The van der Waals surface area contributed by atoms with Crippen molar-refractivity contribution >= 4 is 35.1 Å². The Morgan fingerprint density at radius 2 is 1.71 bits per heavy atom. The van der Waals surface area contributed by atoms with E-state index in [2.05, 4.69) is 20.7 Å². The van der Waals surface area contributed by atoms with Gasteiger partial charge in [-0.15, -0.1) is 0 Å². The number of methoxy groups -OCH3 is 1. The number of benzene rings is 2. The van der Waals surface area contributed by atoms with Gasteiger partial charge in [0.2, 0.25) is 0 Å². The Bertz CT molecular complexity index is 878. The van der Waals surface area contributed by atoms with Crippen molar-refractivity contribution in [3.63, 3.8) is 0 Å². The highest BCUT2D eigenvalue weighted by Gasteiger charge is 2.23. The second-order valence-corrected chi connectivity index (χ2v) is 6.48. The Morgan fingerprint density at radius 3 is 2.36 bits per heavy atom. The van der Waals surface area contributed by atoms with Crippen LogP contribution < -0.4 is 20.9 Å². The molecule has 1 aliphatic rings. The zero-order valence-electron chi connectivity index (χ0n) is 15.7. The highest BCUT2D eigenvalue weighted by Crippen LogP contribution is 2.20. The molecule has 0 aromatic heterocycles. The lowest BCUT2D eigenvalue weighted by Crippen LogP contribution is -2.30. The van der Waals surface area contributed by atoms with Crippen LogP contribution in [0.3, 0.4) is 0 Å². The van der Waals surface area contributed by atoms with E-state index in [1.165, 1.54) is 12.0 Å².